The molecule has 0 aliphatic rings. The van der Waals surface area contributed by atoms with E-state index in [0.29, 0.717) is 5.38 Å². The van der Waals surface area contributed by atoms with Crippen LogP contribution in [0.4, 0.5) is 0 Å². The summed E-state index contributed by atoms with van der Waals surface area (Å²) >= 11 is 5.98. The summed E-state index contributed by atoms with van der Waals surface area (Å²) in [5, 5.41) is 0.333. The molecule has 0 fully saturated rings. The third kappa shape index (κ3) is 34.3. The highest BCUT2D eigenvalue weighted by Gasteiger charge is 2.01. The van der Waals surface area contributed by atoms with Gasteiger partial charge >= 0.3 is 0 Å². The highest BCUT2D eigenvalue weighted by molar-refractivity contribution is 6.20. The van der Waals surface area contributed by atoms with E-state index in [-0.39, 0.29) is 24.8 Å². The van der Waals surface area contributed by atoms with Gasteiger partial charge in [0, 0.05) is 5.38 Å². The number of nitrogens with two attached hydrogens (primary N) is 1. The summed E-state index contributed by atoms with van der Waals surface area (Å²) in [4.78, 5) is 2.47. The summed E-state index contributed by atoms with van der Waals surface area (Å²) in [5.41, 5.74) is 4.50. The Kier molecular flexibility index (Phi) is 41.9. The standard InChI is InChI=1S/C22H46ClN.CH5N.2ClH/c1-4-5-6-7-8-9-10-11-12-13-14-15-16-17-20-24(3)21-18-19-22(2)23;1-2;;/h22H,4-21H2,1-3H3;2H2,1H3;2*1H. The molecule has 0 saturated carbocycles. The number of nitrogens with zero attached hydrogens (tertiary/aromatic N) is 1. The zero-order valence-electron chi connectivity index (χ0n) is 19.5. The van der Waals surface area contributed by atoms with Crippen LogP contribution in [-0.2, 0) is 0 Å². The smallest absolute Gasteiger partial charge is 0.0308 e. The van der Waals surface area contributed by atoms with E-state index in [2.05, 4.69) is 31.5 Å². The predicted octanol–water partition coefficient (Wildman–Crippen LogP) is 8.23. The van der Waals surface area contributed by atoms with E-state index in [1.165, 1.54) is 116 Å². The molecule has 0 rings (SSSR count). The first-order chi connectivity index (χ1) is 12.7. The zero-order chi connectivity index (χ0) is 19.9. The van der Waals surface area contributed by atoms with Gasteiger partial charge in [0.1, 0.15) is 0 Å². The monoisotopic (exact) mass is 462 g/mol. The number of halogens is 3. The van der Waals surface area contributed by atoms with Crippen LogP contribution in [0.2, 0.25) is 0 Å². The van der Waals surface area contributed by atoms with E-state index in [1.807, 2.05) is 0 Å². The van der Waals surface area contributed by atoms with Crippen molar-refractivity contribution in [1.82, 2.24) is 4.90 Å². The van der Waals surface area contributed by atoms with Crippen molar-refractivity contribution in [1.29, 1.82) is 0 Å². The van der Waals surface area contributed by atoms with Gasteiger partial charge in [0.25, 0.3) is 0 Å². The Morgan fingerprint density at radius 1 is 0.643 bits per heavy atom. The number of hydrogen-bond acceptors (Lipinski definition) is 2. The van der Waals surface area contributed by atoms with Crippen LogP contribution in [-0.4, -0.2) is 37.5 Å². The van der Waals surface area contributed by atoms with Crippen molar-refractivity contribution in [3.05, 3.63) is 0 Å². The first kappa shape index (κ1) is 36.2. The summed E-state index contributed by atoms with van der Waals surface area (Å²) in [6.45, 7) is 6.85. The zero-order valence-corrected chi connectivity index (χ0v) is 21.9. The van der Waals surface area contributed by atoms with Gasteiger partial charge in [-0.2, -0.15) is 0 Å². The van der Waals surface area contributed by atoms with E-state index in [1.54, 1.807) is 0 Å². The minimum absolute atomic E-state index is 0. The molecular formula is C23H53Cl3N2. The molecule has 0 aliphatic heterocycles. The number of hydrogen-bond donors (Lipinski definition) is 1. The molecule has 0 aromatic heterocycles. The maximum absolute atomic E-state index is 5.98. The van der Waals surface area contributed by atoms with E-state index in [4.69, 9.17) is 11.6 Å². The molecule has 0 spiro atoms. The lowest BCUT2D eigenvalue weighted by Gasteiger charge is -2.16. The molecule has 0 amide bonds. The van der Waals surface area contributed by atoms with Crippen LogP contribution in [0, 0.1) is 0 Å². The van der Waals surface area contributed by atoms with Crippen molar-refractivity contribution >= 4 is 36.4 Å². The highest BCUT2D eigenvalue weighted by atomic mass is 35.5. The lowest BCUT2D eigenvalue weighted by atomic mass is 10.0. The Balaban J connectivity index is -0.000000695. The van der Waals surface area contributed by atoms with Crippen LogP contribution in [0.15, 0.2) is 0 Å². The second-order valence-electron chi connectivity index (χ2n) is 7.82. The van der Waals surface area contributed by atoms with Crippen molar-refractivity contribution in [3.63, 3.8) is 0 Å². The van der Waals surface area contributed by atoms with Gasteiger partial charge in [-0.1, -0.05) is 90.4 Å². The maximum Gasteiger partial charge on any atom is 0.0308 e. The van der Waals surface area contributed by atoms with Crippen molar-refractivity contribution in [2.24, 2.45) is 5.73 Å². The molecule has 0 radical (unpaired) electrons. The number of unbranched alkanes of at least 4 members (excludes halogenated alkanes) is 13. The molecule has 0 heterocycles. The van der Waals surface area contributed by atoms with Crippen LogP contribution in [0.1, 0.15) is 117 Å². The van der Waals surface area contributed by atoms with E-state index >= 15 is 0 Å². The average Bonchev–Trinajstić information content (AvgIpc) is 2.63. The number of rotatable bonds is 19. The van der Waals surface area contributed by atoms with E-state index in [9.17, 15) is 0 Å². The van der Waals surface area contributed by atoms with Crippen molar-refractivity contribution < 1.29 is 0 Å². The van der Waals surface area contributed by atoms with Crippen LogP contribution < -0.4 is 5.73 Å². The molecular weight excluding hydrogens is 411 g/mol. The third-order valence-electron chi connectivity index (χ3n) is 5.04. The lowest BCUT2D eigenvalue weighted by Crippen LogP contribution is -2.21. The fourth-order valence-corrected chi connectivity index (χ4v) is 3.48. The summed E-state index contributed by atoms with van der Waals surface area (Å²) < 4.78 is 0. The summed E-state index contributed by atoms with van der Waals surface area (Å²) in [6.07, 6.45) is 22.6. The minimum Gasteiger partial charge on any atom is -0.333 e. The summed E-state index contributed by atoms with van der Waals surface area (Å²) in [5.74, 6) is 0. The maximum atomic E-state index is 5.98. The Morgan fingerprint density at radius 2 is 0.964 bits per heavy atom. The Hall–Kier alpha value is 0.790. The second kappa shape index (κ2) is 32.5. The highest BCUT2D eigenvalue weighted by Crippen LogP contribution is 2.13. The first-order valence-corrected chi connectivity index (χ1v) is 12.0. The molecule has 0 aromatic rings. The molecule has 0 saturated heterocycles. The quantitative estimate of drug-likeness (QED) is 0.154. The Labute approximate surface area is 195 Å². The van der Waals surface area contributed by atoms with Gasteiger partial charge in [0.05, 0.1) is 0 Å². The van der Waals surface area contributed by atoms with Crippen LogP contribution in [0.3, 0.4) is 0 Å². The van der Waals surface area contributed by atoms with Gasteiger partial charge in [-0.05, 0) is 53.4 Å². The largest absolute Gasteiger partial charge is 0.333 e. The molecule has 1 atom stereocenters. The Morgan fingerprint density at radius 3 is 1.32 bits per heavy atom. The summed E-state index contributed by atoms with van der Waals surface area (Å²) in [7, 11) is 3.75. The lowest BCUT2D eigenvalue weighted by molar-refractivity contribution is 0.316. The number of alkyl halides is 1. The van der Waals surface area contributed by atoms with Crippen LogP contribution in [0.5, 0.6) is 0 Å². The third-order valence-corrected chi connectivity index (χ3v) is 5.25. The van der Waals surface area contributed by atoms with Crippen molar-refractivity contribution in [2.45, 2.75) is 122 Å². The fourth-order valence-electron chi connectivity index (χ4n) is 3.33. The molecule has 0 bridgehead atoms. The van der Waals surface area contributed by atoms with Crippen LogP contribution in [0.25, 0.3) is 0 Å². The summed E-state index contributed by atoms with van der Waals surface area (Å²) in [6, 6.07) is 0. The van der Waals surface area contributed by atoms with Crippen LogP contribution >= 0.6 is 36.4 Å². The molecule has 0 aromatic carbocycles. The van der Waals surface area contributed by atoms with Gasteiger partial charge in [-0.3, -0.25) is 0 Å². The van der Waals surface area contributed by atoms with Gasteiger partial charge in [0.15, 0.2) is 0 Å². The second-order valence-corrected chi connectivity index (χ2v) is 8.57. The van der Waals surface area contributed by atoms with E-state index < -0.39 is 0 Å². The molecule has 2 N–H and O–H groups in total. The van der Waals surface area contributed by atoms with Crippen molar-refractivity contribution in [3.8, 4) is 0 Å². The minimum atomic E-state index is 0. The molecule has 0 aliphatic carbocycles. The van der Waals surface area contributed by atoms with Crippen molar-refractivity contribution in [2.75, 3.05) is 27.2 Å². The normalized spacial score (nSPS) is 11.2. The molecule has 28 heavy (non-hydrogen) atoms. The Bertz CT molecular complexity index is 242. The van der Waals surface area contributed by atoms with Gasteiger partial charge in [0.2, 0.25) is 0 Å². The molecule has 1 unspecified atom stereocenters. The molecule has 176 valence electrons. The van der Waals surface area contributed by atoms with Gasteiger partial charge < -0.3 is 10.6 Å². The predicted molar refractivity (Wildman–Crippen MR) is 137 cm³/mol. The average molecular weight is 464 g/mol. The van der Waals surface area contributed by atoms with Gasteiger partial charge in [-0.15, -0.1) is 36.4 Å². The topological polar surface area (TPSA) is 29.3 Å². The van der Waals surface area contributed by atoms with E-state index in [0.717, 1.165) is 6.42 Å². The molecule has 2 nitrogen and oxygen atoms in total. The molecule has 5 heteroatoms. The fraction of sp³-hybridized carbons (Fsp3) is 1.00. The first-order valence-electron chi connectivity index (χ1n) is 11.6. The van der Waals surface area contributed by atoms with Gasteiger partial charge in [-0.25, -0.2) is 0 Å². The SMILES string of the molecule is CCCCCCCCCCCCCCCCN(C)CCCC(C)Cl.CN.Cl.Cl.